The first-order valence-corrected chi connectivity index (χ1v) is 5.22. The van der Waals surface area contributed by atoms with Gasteiger partial charge in [0.15, 0.2) is 0 Å². The first-order valence-electron chi connectivity index (χ1n) is 5.22. The minimum atomic E-state index is -0.175. The number of rotatable bonds is 1. The molecule has 0 radical (unpaired) electrons. The van der Waals surface area contributed by atoms with Gasteiger partial charge in [0.05, 0.1) is 5.69 Å². The SMILES string of the molecule is Cc1cc(C)c(-c2ccc(=O)[nH]n2)c(C)c1. The van der Waals surface area contributed by atoms with Crippen molar-refractivity contribution < 1.29 is 0 Å². The van der Waals surface area contributed by atoms with E-state index in [1.54, 1.807) is 6.07 Å². The maximum absolute atomic E-state index is 11.0. The molecule has 1 aromatic heterocycles. The lowest BCUT2D eigenvalue weighted by atomic mass is 9.97. The van der Waals surface area contributed by atoms with Crippen molar-refractivity contribution in [1.29, 1.82) is 0 Å². The standard InChI is InChI=1S/C13H14N2O/c1-8-6-9(2)13(10(3)7-8)11-4-5-12(16)15-14-11/h4-7H,1-3H3,(H,15,16). The Morgan fingerprint density at radius 1 is 1.06 bits per heavy atom. The summed E-state index contributed by atoms with van der Waals surface area (Å²) in [4.78, 5) is 11.0. The number of aromatic nitrogens is 2. The zero-order chi connectivity index (χ0) is 11.7. The first-order chi connectivity index (χ1) is 7.58. The van der Waals surface area contributed by atoms with Gasteiger partial charge in [-0.05, 0) is 38.0 Å². The fourth-order valence-electron chi connectivity index (χ4n) is 2.07. The van der Waals surface area contributed by atoms with Crippen molar-refractivity contribution in [3.8, 4) is 11.3 Å². The van der Waals surface area contributed by atoms with Gasteiger partial charge in [0, 0.05) is 11.6 Å². The first kappa shape index (κ1) is 10.6. The molecular weight excluding hydrogens is 200 g/mol. The van der Waals surface area contributed by atoms with Gasteiger partial charge in [-0.2, -0.15) is 5.10 Å². The molecule has 82 valence electrons. The molecule has 0 aliphatic carbocycles. The molecule has 1 aromatic carbocycles. The topological polar surface area (TPSA) is 45.8 Å². The third-order valence-corrected chi connectivity index (χ3v) is 2.61. The van der Waals surface area contributed by atoms with Crippen molar-refractivity contribution in [2.24, 2.45) is 0 Å². The summed E-state index contributed by atoms with van der Waals surface area (Å²) in [5.74, 6) is 0. The summed E-state index contributed by atoms with van der Waals surface area (Å²) in [7, 11) is 0. The van der Waals surface area contributed by atoms with E-state index >= 15 is 0 Å². The summed E-state index contributed by atoms with van der Waals surface area (Å²) in [5.41, 5.74) is 5.33. The molecule has 0 bridgehead atoms. The van der Waals surface area contributed by atoms with Crippen molar-refractivity contribution in [2.75, 3.05) is 0 Å². The number of aromatic amines is 1. The second kappa shape index (κ2) is 3.93. The summed E-state index contributed by atoms with van der Waals surface area (Å²) in [5, 5.41) is 6.52. The summed E-state index contributed by atoms with van der Waals surface area (Å²) < 4.78 is 0. The molecule has 0 atom stereocenters. The number of benzene rings is 1. The molecule has 0 saturated heterocycles. The lowest BCUT2D eigenvalue weighted by Gasteiger charge is -2.09. The van der Waals surface area contributed by atoms with Crippen molar-refractivity contribution in [1.82, 2.24) is 10.2 Å². The van der Waals surface area contributed by atoms with Gasteiger partial charge >= 0.3 is 0 Å². The van der Waals surface area contributed by atoms with Crippen LogP contribution in [0.2, 0.25) is 0 Å². The molecule has 0 fully saturated rings. The Morgan fingerprint density at radius 2 is 1.69 bits per heavy atom. The van der Waals surface area contributed by atoms with Gasteiger partial charge in [-0.3, -0.25) is 4.79 Å². The highest BCUT2D eigenvalue weighted by atomic mass is 16.1. The number of aryl methyl sites for hydroxylation is 3. The van der Waals surface area contributed by atoms with E-state index in [1.165, 1.54) is 22.8 Å². The molecule has 0 aliphatic heterocycles. The summed E-state index contributed by atoms with van der Waals surface area (Å²) in [6.45, 7) is 6.19. The average molecular weight is 214 g/mol. The van der Waals surface area contributed by atoms with Crippen molar-refractivity contribution >= 4 is 0 Å². The monoisotopic (exact) mass is 214 g/mol. The highest BCUT2D eigenvalue weighted by Gasteiger charge is 2.07. The van der Waals surface area contributed by atoms with Crippen LogP contribution in [0.15, 0.2) is 29.1 Å². The fraction of sp³-hybridized carbons (Fsp3) is 0.231. The van der Waals surface area contributed by atoms with E-state index in [0.29, 0.717) is 0 Å². The molecule has 16 heavy (non-hydrogen) atoms. The molecule has 0 aliphatic rings. The zero-order valence-electron chi connectivity index (χ0n) is 9.66. The molecule has 1 N–H and O–H groups in total. The Hall–Kier alpha value is -1.90. The molecule has 0 spiro atoms. The minimum absolute atomic E-state index is 0.175. The van der Waals surface area contributed by atoms with E-state index in [4.69, 9.17) is 0 Å². The van der Waals surface area contributed by atoms with Crippen LogP contribution < -0.4 is 5.56 Å². The fourth-order valence-corrected chi connectivity index (χ4v) is 2.07. The normalized spacial score (nSPS) is 10.4. The van der Waals surface area contributed by atoms with Gasteiger partial charge < -0.3 is 0 Å². The van der Waals surface area contributed by atoms with Gasteiger partial charge in [-0.25, -0.2) is 5.10 Å². The Balaban J connectivity index is 2.64. The van der Waals surface area contributed by atoms with E-state index < -0.39 is 0 Å². The van der Waals surface area contributed by atoms with Gasteiger partial charge in [0.1, 0.15) is 0 Å². The van der Waals surface area contributed by atoms with Crippen LogP contribution in [0.25, 0.3) is 11.3 Å². The van der Waals surface area contributed by atoms with Crippen LogP contribution >= 0.6 is 0 Å². The molecule has 0 saturated carbocycles. The summed E-state index contributed by atoms with van der Waals surface area (Å²) in [6, 6.07) is 7.49. The lowest BCUT2D eigenvalue weighted by molar-refractivity contribution is 0.992. The predicted octanol–water partition coefficient (Wildman–Crippen LogP) is 2.36. The molecule has 1 heterocycles. The Kier molecular flexibility index (Phi) is 2.60. The molecular formula is C13H14N2O. The van der Waals surface area contributed by atoms with Crippen LogP contribution in [0.5, 0.6) is 0 Å². The lowest BCUT2D eigenvalue weighted by Crippen LogP contribution is -2.06. The number of hydrogen-bond donors (Lipinski definition) is 1. The Morgan fingerprint density at radius 3 is 2.19 bits per heavy atom. The smallest absolute Gasteiger partial charge is 0.264 e. The molecule has 2 rings (SSSR count). The van der Waals surface area contributed by atoms with Gasteiger partial charge in [-0.15, -0.1) is 0 Å². The van der Waals surface area contributed by atoms with E-state index in [2.05, 4.69) is 43.1 Å². The van der Waals surface area contributed by atoms with Gasteiger partial charge in [0.25, 0.3) is 5.56 Å². The maximum Gasteiger partial charge on any atom is 0.264 e. The molecule has 0 unspecified atom stereocenters. The molecule has 3 heteroatoms. The zero-order valence-corrected chi connectivity index (χ0v) is 9.66. The van der Waals surface area contributed by atoms with Crippen molar-refractivity contribution in [3.63, 3.8) is 0 Å². The number of nitrogens with zero attached hydrogens (tertiary/aromatic N) is 1. The Labute approximate surface area is 94.2 Å². The average Bonchev–Trinajstić information content (AvgIpc) is 2.19. The second-order valence-electron chi connectivity index (χ2n) is 4.08. The van der Waals surface area contributed by atoms with Crippen LogP contribution in [0, 0.1) is 20.8 Å². The van der Waals surface area contributed by atoms with E-state index in [1.807, 2.05) is 0 Å². The quantitative estimate of drug-likeness (QED) is 0.792. The molecule has 3 nitrogen and oxygen atoms in total. The highest BCUT2D eigenvalue weighted by Crippen LogP contribution is 2.25. The van der Waals surface area contributed by atoms with Crippen LogP contribution in [0.3, 0.4) is 0 Å². The second-order valence-corrected chi connectivity index (χ2v) is 4.08. The van der Waals surface area contributed by atoms with Crippen LogP contribution in [0.4, 0.5) is 0 Å². The van der Waals surface area contributed by atoms with Crippen LogP contribution in [-0.2, 0) is 0 Å². The van der Waals surface area contributed by atoms with Crippen molar-refractivity contribution in [3.05, 3.63) is 51.3 Å². The van der Waals surface area contributed by atoms with Crippen molar-refractivity contribution in [2.45, 2.75) is 20.8 Å². The van der Waals surface area contributed by atoms with E-state index in [9.17, 15) is 4.79 Å². The van der Waals surface area contributed by atoms with Crippen LogP contribution in [0.1, 0.15) is 16.7 Å². The van der Waals surface area contributed by atoms with E-state index in [0.717, 1.165) is 11.3 Å². The molecule has 2 aromatic rings. The number of hydrogen-bond acceptors (Lipinski definition) is 2. The number of H-pyrrole nitrogens is 1. The van der Waals surface area contributed by atoms with E-state index in [-0.39, 0.29) is 5.56 Å². The number of nitrogens with one attached hydrogen (secondary N) is 1. The predicted molar refractivity (Wildman–Crippen MR) is 64.5 cm³/mol. The highest BCUT2D eigenvalue weighted by molar-refractivity contribution is 5.67. The maximum atomic E-state index is 11.0. The third-order valence-electron chi connectivity index (χ3n) is 2.61. The van der Waals surface area contributed by atoms with Crippen LogP contribution in [-0.4, -0.2) is 10.2 Å². The Bertz CT molecular complexity index is 541. The third kappa shape index (κ3) is 1.89. The summed E-state index contributed by atoms with van der Waals surface area (Å²) in [6.07, 6.45) is 0. The van der Waals surface area contributed by atoms with Gasteiger partial charge in [-0.1, -0.05) is 17.7 Å². The summed E-state index contributed by atoms with van der Waals surface area (Å²) >= 11 is 0. The minimum Gasteiger partial charge on any atom is -0.268 e. The molecule has 0 amide bonds. The largest absolute Gasteiger partial charge is 0.268 e. The van der Waals surface area contributed by atoms with Gasteiger partial charge in [0.2, 0.25) is 0 Å².